The van der Waals surface area contributed by atoms with Gasteiger partial charge in [-0.15, -0.1) is 0 Å². The number of nitro benzene ring substituents is 1. The van der Waals surface area contributed by atoms with Gasteiger partial charge in [-0.3, -0.25) is 14.9 Å². The third-order valence-corrected chi connectivity index (χ3v) is 2.50. The largest absolute Gasteiger partial charge is 0.463 e. The Bertz CT molecular complexity index is 484. The van der Waals surface area contributed by atoms with Crippen molar-refractivity contribution in [1.29, 1.82) is 0 Å². The standard InChI is InChI=1S/C10H9NO6/c1-6-7(3-15-4-12)8(11(13)14)2-9-10(6)17-5-16-9/h2,4H,3,5H2,1H3. The number of fused-ring (bicyclic) bond motifs is 1. The maximum Gasteiger partial charge on any atom is 0.293 e. The number of nitro groups is 1. The van der Waals surface area contributed by atoms with Crippen LogP contribution in [0.3, 0.4) is 0 Å². The molecule has 0 aliphatic carbocycles. The van der Waals surface area contributed by atoms with E-state index in [0.29, 0.717) is 22.6 Å². The second-order valence-electron chi connectivity index (χ2n) is 3.40. The SMILES string of the molecule is Cc1c(COC=O)c([N+](=O)[O-])cc2c1OCO2. The fraction of sp³-hybridized carbons (Fsp3) is 0.300. The summed E-state index contributed by atoms with van der Waals surface area (Å²) in [7, 11) is 0. The summed E-state index contributed by atoms with van der Waals surface area (Å²) in [6.07, 6.45) is 0. The van der Waals surface area contributed by atoms with E-state index < -0.39 is 4.92 Å². The smallest absolute Gasteiger partial charge is 0.293 e. The molecule has 2 rings (SSSR count). The summed E-state index contributed by atoms with van der Waals surface area (Å²) >= 11 is 0. The summed E-state index contributed by atoms with van der Waals surface area (Å²) in [5.41, 5.74) is 0.716. The molecule has 0 N–H and O–H groups in total. The van der Waals surface area contributed by atoms with Crippen molar-refractivity contribution in [3.63, 3.8) is 0 Å². The summed E-state index contributed by atoms with van der Waals surface area (Å²) < 4.78 is 14.9. The van der Waals surface area contributed by atoms with Crippen LogP contribution in [-0.4, -0.2) is 18.2 Å². The van der Waals surface area contributed by atoms with Crippen LogP contribution in [0, 0.1) is 17.0 Å². The molecule has 1 aromatic carbocycles. The Morgan fingerprint density at radius 1 is 1.59 bits per heavy atom. The highest BCUT2D eigenvalue weighted by molar-refractivity contribution is 5.60. The van der Waals surface area contributed by atoms with Crippen LogP contribution < -0.4 is 9.47 Å². The molecule has 1 aliphatic rings. The molecule has 0 aromatic heterocycles. The van der Waals surface area contributed by atoms with Crippen LogP contribution in [0.5, 0.6) is 11.5 Å². The number of rotatable bonds is 4. The molecule has 0 saturated heterocycles. The lowest BCUT2D eigenvalue weighted by Gasteiger charge is -2.08. The molecule has 1 heterocycles. The van der Waals surface area contributed by atoms with Crippen LogP contribution in [0.1, 0.15) is 11.1 Å². The Morgan fingerprint density at radius 2 is 2.35 bits per heavy atom. The first-order valence-corrected chi connectivity index (χ1v) is 4.77. The molecular weight excluding hydrogens is 230 g/mol. The fourth-order valence-electron chi connectivity index (χ4n) is 1.69. The van der Waals surface area contributed by atoms with E-state index in [2.05, 4.69) is 4.74 Å². The number of benzene rings is 1. The monoisotopic (exact) mass is 239 g/mol. The molecule has 0 bridgehead atoms. The second kappa shape index (κ2) is 4.28. The highest BCUT2D eigenvalue weighted by Gasteiger charge is 2.27. The molecule has 0 saturated carbocycles. The molecule has 1 aromatic rings. The van der Waals surface area contributed by atoms with Gasteiger partial charge in [-0.2, -0.15) is 0 Å². The van der Waals surface area contributed by atoms with Gasteiger partial charge in [0.15, 0.2) is 11.5 Å². The van der Waals surface area contributed by atoms with Crippen molar-refractivity contribution in [2.75, 3.05) is 6.79 Å². The number of hydrogen-bond donors (Lipinski definition) is 0. The number of nitrogens with zero attached hydrogens (tertiary/aromatic N) is 1. The first-order chi connectivity index (χ1) is 8.15. The maximum atomic E-state index is 10.9. The summed E-state index contributed by atoms with van der Waals surface area (Å²) in [5.74, 6) is 0.796. The van der Waals surface area contributed by atoms with Crippen LogP contribution in [0.25, 0.3) is 0 Å². The van der Waals surface area contributed by atoms with Crippen molar-refractivity contribution in [1.82, 2.24) is 0 Å². The van der Waals surface area contributed by atoms with E-state index in [9.17, 15) is 14.9 Å². The Hall–Kier alpha value is -2.31. The van der Waals surface area contributed by atoms with Gasteiger partial charge in [0.1, 0.15) is 6.61 Å². The molecular formula is C10H9NO6. The van der Waals surface area contributed by atoms with Crippen LogP contribution in [0.4, 0.5) is 5.69 Å². The van der Waals surface area contributed by atoms with E-state index in [4.69, 9.17) is 9.47 Å². The number of ether oxygens (including phenoxy) is 3. The van der Waals surface area contributed by atoms with E-state index in [0.717, 1.165) is 0 Å². The minimum absolute atomic E-state index is 0.0331. The van der Waals surface area contributed by atoms with E-state index in [1.807, 2.05) is 0 Å². The van der Waals surface area contributed by atoms with Crippen LogP contribution in [-0.2, 0) is 16.1 Å². The molecule has 17 heavy (non-hydrogen) atoms. The van der Waals surface area contributed by atoms with E-state index in [-0.39, 0.29) is 25.6 Å². The quantitative estimate of drug-likeness (QED) is 0.447. The van der Waals surface area contributed by atoms with Crippen LogP contribution in [0.15, 0.2) is 6.07 Å². The first kappa shape index (κ1) is 11.2. The zero-order chi connectivity index (χ0) is 12.4. The zero-order valence-corrected chi connectivity index (χ0v) is 8.97. The highest BCUT2D eigenvalue weighted by Crippen LogP contribution is 2.42. The fourth-order valence-corrected chi connectivity index (χ4v) is 1.69. The molecule has 0 fully saturated rings. The molecule has 7 nitrogen and oxygen atoms in total. The van der Waals surface area contributed by atoms with Gasteiger partial charge in [0, 0.05) is 5.56 Å². The van der Waals surface area contributed by atoms with Gasteiger partial charge in [0.05, 0.1) is 16.6 Å². The molecule has 1 aliphatic heterocycles. The summed E-state index contributed by atoms with van der Waals surface area (Å²) in [6, 6.07) is 1.28. The minimum Gasteiger partial charge on any atom is -0.463 e. The molecule has 0 radical (unpaired) electrons. The molecule has 7 heteroatoms. The predicted molar refractivity (Wildman–Crippen MR) is 54.8 cm³/mol. The number of hydrogen-bond acceptors (Lipinski definition) is 6. The van der Waals surface area contributed by atoms with Gasteiger partial charge in [-0.1, -0.05) is 0 Å². The minimum atomic E-state index is -0.543. The first-order valence-electron chi connectivity index (χ1n) is 4.77. The van der Waals surface area contributed by atoms with Gasteiger partial charge in [-0.05, 0) is 6.92 Å². The Balaban J connectivity index is 2.53. The predicted octanol–water partition coefficient (Wildman–Crippen LogP) is 1.30. The summed E-state index contributed by atoms with van der Waals surface area (Å²) in [6.45, 7) is 1.77. The normalized spacial score (nSPS) is 12.3. The van der Waals surface area contributed by atoms with Crippen molar-refractivity contribution in [2.45, 2.75) is 13.5 Å². The lowest BCUT2D eigenvalue weighted by atomic mass is 10.1. The Labute approximate surface area is 96.0 Å². The second-order valence-corrected chi connectivity index (χ2v) is 3.40. The van der Waals surface area contributed by atoms with Crippen LogP contribution in [0.2, 0.25) is 0 Å². The average Bonchev–Trinajstić information content (AvgIpc) is 2.75. The summed E-state index contributed by atoms with van der Waals surface area (Å²) in [4.78, 5) is 20.5. The highest BCUT2D eigenvalue weighted by atomic mass is 16.7. The third kappa shape index (κ3) is 1.86. The number of carbonyl (C=O) groups excluding carboxylic acids is 1. The van der Waals surface area contributed by atoms with Gasteiger partial charge < -0.3 is 14.2 Å². The number of carbonyl (C=O) groups is 1. The van der Waals surface area contributed by atoms with E-state index >= 15 is 0 Å². The lowest BCUT2D eigenvalue weighted by Crippen LogP contribution is -2.01. The van der Waals surface area contributed by atoms with Crippen molar-refractivity contribution in [3.05, 3.63) is 27.3 Å². The van der Waals surface area contributed by atoms with Crippen molar-refractivity contribution < 1.29 is 23.9 Å². The molecule has 0 unspecified atom stereocenters. The molecule has 0 amide bonds. The van der Waals surface area contributed by atoms with Gasteiger partial charge in [0.2, 0.25) is 6.79 Å². The van der Waals surface area contributed by atoms with E-state index in [1.54, 1.807) is 6.92 Å². The zero-order valence-electron chi connectivity index (χ0n) is 8.97. The van der Waals surface area contributed by atoms with Gasteiger partial charge in [-0.25, -0.2) is 0 Å². The molecule has 0 atom stereocenters. The summed E-state index contributed by atoms with van der Waals surface area (Å²) in [5, 5.41) is 10.9. The Kier molecular flexibility index (Phi) is 2.82. The molecule has 0 spiro atoms. The van der Waals surface area contributed by atoms with Gasteiger partial charge >= 0.3 is 0 Å². The lowest BCUT2D eigenvalue weighted by molar-refractivity contribution is -0.385. The Morgan fingerprint density at radius 3 is 3.00 bits per heavy atom. The molecule has 90 valence electrons. The van der Waals surface area contributed by atoms with E-state index in [1.165, 1.54) is 6.07 Å². The van der Waals surface area contributed by atoms with Crippen molar-refractivity contribution in [2.24, 2.45) is 0 Å². The average molecular weight is 239 g/mol. The van der Waals surface area contributed by atoms with Gasteiger partial charge in [0.25, 0.3) is 12.2 Å². The topological polar surface area (TPSA) is 87.9 Å². The van der Waals surface area contributed by atoms with Crippen molar-refractivity contribution >= 4 is 12.2 Å². The third-order valence-electron chi connectivity index (χ3n) is 2.50. The van der Waals surface area contributed by atoms with Crippen LogP contribution >= 0.6 is 0 Å². The van der Waals surface area contributed by atoms with Crippen molar-refractivity contribution in [3.8, 4) is 11.5 Å². The maximum absolute atomic E-state index is 10.9.